The minimum Gasteiger partial charge on any atom is -0.420 e. The molecule has 1 aliphatic rings. The zero-order valence-corrected chi connectivity index (χ0v) is 8.25. The molecule has 0 amide bonds. The molecule has 0 spiro atoms. The van der Waals surface area contributed by atoms with Crippen LogP contribution >= 0.6 is 7.37 Å². The van der Waals surface area contributed by atoms with E-state index in [1.165, 1.54) is 19.3 Å². The van der Waals surface area contributed by atoms with Crippen LogP contribution in [-0.2, 0) is 18.6 Å². The van der Waals surface area contributed by atoms with Crippen LogP contribution in [0.15, 0.2) is 24.2 Å². The first kappa shape index (κ1) is 10.2. The minimum atomic E-state index is -2.99. The van der Waals surface area contributed by atoms with Crippen LogP contribution < -0.4 is 0 Å². The lowest BCUT2D eigenvalue weighted by molar-refractivity contribution is -0.135. The first-order chi connectivity index (χ1) is 6.12. The molecule has 1 heterocycles. The summed E-state index contributed by atoms with van der Waals surface area (Å²) in [6.45, 7) is 3.46. The molecule has 72 valence electrons. The van der Waals surface area contributed by atoms with Crippen molar-refractivity contribution in [2.45, 2.75) is 6.42 Å². The second kappa shape index (κ2) is 3.90. The SMILES string of the molecule is C=CCP(=O)(OC)C1=CCC(=O)O1. The summed E-state index contributed by atoms with van der Waals surface area (Å²) >= 11 is 0. The van der Waals surface area contributed by atoms with Gasteiger partial charge < -0.3 is 9.26 Å². The number of hydrogen-bond donors (Lipinski definition) is 0. The van der Waals surface area contributed by atoms with Gasteiger partial charge in [-0.25, -0.2) is 0 Å². The quantitative estimate of drug-likeness (QED) is 0.396. The Kier molecular flexibility index (Phi) is 3.07. The Morgan fingerprint density at radius 1 is 1.85 bits per heavy atom. The Morgan fingerprint density at radius 2 is 2.54 bits per heavy atom. The smallest absolute Gasteiger partial charge is 0.315 e. The largest absolute Gasteiger partial charge is 0.420 e. The molecule has 0 saturated carbocycles. The van der Waals surface area contributed by atoms with Crippen molar-refractivity contribution < 1.29 is 18.6 Å². The molecule has 0 saturated heterocycles. The Morgan fingerprint density at radius 3 is 2.92 bits per heavy atom. The van der Waals surface area contributed by atoms with Gasteiger partial charge in [-0.2, -0.15) is 0 Å². The van der Waals surface area contributed by atoms with Crippen molar-refractivity contribution in [3.63, 3.8) is 0 Å². The fourth-order valence-corrected chi connectivity index (χ4v) is 2.46. The maximum atomic E-state index is 11.9. The standard InChI is InChI=1S/C8H11O4P/c1-3-6-13(10,11-2)8-5-4-7(9)12-8/h3,5H,1,4,6H2,2H3. The Balaban J connectivity index is 2.83. The third kappa shape index (κ3) is 2.08. The molecule has 1 rings (SSSR count). The van der Waals surface area contributed by atoms with Crippen LogP contribution in [0.3, 0.4) is 0 Å². The summed E-state index contributed by atoms with van der Waals surface area (Å²) in [5.74, 6) is -0.392. The Bertz CT molecular complexity index is 305. The van der Waals surface area contributed by atoms with E-state index < -0.39 is 13.3 Å². The number of ether oxygens (including phenoxy) is 1. The van der Waals surface area contributed by atoms with Crippen LogP contribution in [0.2, 0.25) is 0 Å². The van der Waals surface area contributed by atoms with Gasteiger partial charge in [0, 0.05) is 13.3 Å². The number of carbonyl (C=O) groups excluding carboxylic acids is 1. The van der Waals surface area contributed by atoms with Gasteiger partial charge >= 0.3 is 5.97 Å². The zero-order chi connectivity index (χ0) is 9.90. The summed E-state index contributed by atoms with van der Waals surface area (Å²) in [5, 5.41) is 0. The summed E-state index contributed by atoms with van der Waals surface area (Å²) in [5.41, 5.74) is 0.153. The number of carbonyl (C=O) groups is 1. The zero-order valence-electron chi connectivity index (χ0n) is 7.36. The summed E-state index contributed by atoms with van der Waals surface area (Å²) < 4.78 is 21.5. The molecule has 0 fully saturated rings. The lowest BCUT2D eigenvalue weighted by Gasteiger charge is -2.13. The normalized spacial score (nSPS) is 20.4. The van der Waals surface area contributed by atoms with Gasteiger partial charge in [0.05, 0.1) is 6.42 Å². The molecule has 1 atom stereocenters. The third-order valence-corrected chi connectivity index (χ3v) is 3.94. The average Bonchev–Trinajstić information content (AvgIpc) is 2.52. The Labute approximate surface area is 76.7 Å². The first-order valence-electron chi connectivity index (χ1n) is 3.79. The van der Waals surface area contributed by atoms with Crippen molar-refractivity contribution in [1.82, 2.24) is 0 Å². The highest BCUT2D eigenvalue weighted by molar-refractivity contribution is 7.63. The van der Waals surface area contributed by atoms with E-state index in [1.807, 2.05) is 0 Å². The van der Waals surface area contributed by atoms with E-state index >= 15 is 0 Å². The maximum Gasteiger partial charge on any atom is 0.315 e. The van der Waals surface area contributed by atoms with E-state index in [-0.39, 0.29) is 18.1 Å². The molecule has 0 aromatic rings. The molecule has 0 bridgehead atoms. The van der Waals surface area contributed by atoms with E-state index in [4.69, 9.17) is 9.26 Å². The van der Waals surface area contributed by atoms with Gasteiger partial charge in [0.1, 0.15) is 0 Å². The molecular weight excluding hydrogens is 191 g/mol. The molecule has 0 N–H and O–H groups in total. The van der Waals surface area contributed by atoms with Gasteiger partial charge in [-0.3, -0.25) is 9.36 Å². The van der Waals surface area contributed by atoms with Crippen LogP contribution in [0.25, 0.3) is 0 Å². The molecule has 0 radical (unpaired) electrons. The second-order valence-electron chi connectivity index (χ2n) is 2.55. The van der Waals surface area contributed by atoms with Gasteiger partial charge in [-0.05, 0) is 6.08 Å². The number of esters is 1. The fraction of sp³-hybridized carbons (Fsp3) is 0.375. The Hall–Kier alpha value is -0.860. The van der Waals surface area contributed by atoms with Crippen molar-refractivity contribution >= 4 is 13.3 Å². The van der Waals surface area contributed by atoms with Crippen LogP contribution in [0.1, 0.15) is 6.42 Å². The molecule has 4 nitrogen and oxygen atoms in total. The van der Waals surface area contributed by atoms with Crippen LogP contribution in [0, 0.1) is 0 Å². The summed E-state index contributed by atoms with van der Waals surface area (Å²) in [6, 6.07) is 0. The highest BCUT2D eigenvalue weighted by atomic mass is 31.2. The first-order valence-corrected chi connectivity index (χ1v) is 5.60. The van der Waals surface area contributed by atoms with Crippen molar-refractivity contribution in [2.75, 3.05) is 13.3 Å². The topological polar surface area (TPSA) is 52.6 Å². The minimum absolute atomic E-state index is 0.153. The van der Waals surface area contributed by atoms with Crippen molar-refractivity contribution in [2.24, 2.45) is 0 Å². The number of allylic oxidation sites excluding steroid dienone is 1. The molecule has 0 aromatic carbocycles. The highest BCUT2D eigenvalue weighted by Gasteiger charge is 2.32. The fourth-order valence-electron chi connectivity index (χ4n) is 1.00. The number of rotatable bonds is 4. The maximum absolute atomic E-state index is 11.9. The highest BCUT2D eigenvalue weighted by Crippen LogP contribution is 2.56. The van der Waals surface area contributed by atoms with Crippen LogP contribution in [0.5, 0.6) is 0 Å². The lowest BCUT2D eigenvalue weighted by atomic mass is 10.5. The van der Waals surface area contributed by atoms with E-state index in [0.29, 0.717) is 0 Å². The summed E-state index contributed by atoms with van der Waals surface area (Å²) in [6.07, 6.45) is 3.33. The van der Waals surface area contributed by atoms with Crippen LogP contribution in [0.4, 0.5) is 0 Å². The van der Waals surface area contributed by atoms with Crippen LogP contribution in [-0.4, -0.2) is 19.2 Å². The molecule has 1 unspecified atom stereocenters. The monoisotopic (exact) mass is 202 g/mol. The van der Waals surface area contributed by atoms with E-state index in [2.05, 4.69) is 6.58 Å². The molecule has 5 heteroatoms. The van der Waals surface area contributed by atoms with Crippen molar-refractivity contribution in [3.05, 3.63) is 24.2 Å². The predicted octanol–water partition coefficient (Wildman–Crippen LogP) is 1.89. The van der Waals surface area contributed by atoms with Crippen molar-refractivity contribution in [3.8, 4) is 0 Å². The third-order valence-electron chi connectivity index (χ3n) is 1.66. The molecular formula is C8H11O4P. The van der Waals surface area contributed by atoms with Gasteiger partial charge in [-0.1, -0.05) is 6.08 Å². The number of cyclic esters (lactones) is 1. The van der Waals surface area contributed by atoms with E-state index in [9.17, 15) is 9.36 Å². The molecule has 0 aliphatic carbocycles. The molecule has 13 heavy (non-hydrogen) atoms. The number of hydrogen-bond acceptors (Lipinski definition) is 4. The average molecular weight is 202 g/mol. The summed E-state index contributed by atoms with van der Waals surface area (Å²) in [4.78, 5) is 10.7. The predicted molar refractivity (Wildman–Crippen MR) is 48.5 cm³/mol. The van der Waals surface area contributed by atoms with E-state index in [0.717, 1.165) is 0 Å². The van der Waals surface area contributed by atoms with E-state index in [1.54, 1.807) is 0 Å². The van der Waals surface area contributed by atoms with Gasteiger partial charge in [-0.15, -0.1) is 6.58 Å². The molecule has 1 aliphatic heterocycles. The summed E-state index contributed by atoms with van der Waals surface area (Å²) in [7, 11) is -1.65. The van der Waals surface area contributed by atoms with Gasteiger partial charge in [0.15, 0.2) is 5.50 Å². The van der Waals surface area contributed by atoms with Gasteiger partial charge in [0.2, 0.25) is 0 Å². The molecule has 0 aromatic heterocycles. The van der Waals surface area contributed by atoms with Gasteiger partial charge in [0.25, 0.3) is 7.37 Å². The second-order valence-corrected chi connectivity index (χ2v) is 5.07. The lowest BCUT2D eigenvalue weighted by Crippen LogP contribution is -1.98. The van der Waals surface area contributed by atoms with Crippen molar-refractivity contribution in [1.29, 1.82) is 0 Å².